The van der Waals surface area contributed by atoms with E-state index in [1.165, 1.54) is 6.92 Å². The van der Waals surface area contributed by atoms with Gasteiger partial charge in [0.05, 0.1) is 5.57 Å². The van der Waals surface area contributed by atoms with Crippen molar-refractivity contribution in [1.29, 1.82) is 0 Å². The highest BCUT2D eigenvalue weighted by atomic mass is 16.3. The number of phenols is 1. The summed E-state index contributed by atoms with van der Waals surface area (Å²) in [5.41, 5.74) is 6.47. The second kappa shape index (κ2) is 8.36. The van der Waals surface area contributed by atoms with Gasteiger partial charge >= 0.3 is 0 Å². The zero-order chi connectivity index (χ0) is 22.0. The number of fused-ring (bicyclic) bond motifs is 1. The Kier molecular flexibility index (Phi) is 5.45. The zero-order valence-electron chi connectivity index (χ0n) is 17.3. The smallest absolute Gasteiger partial charge is 0.257 e. The topological polar surface area (TPSA) is 90.5 Å². The van der Waals surface area contributed by atoms with Crippen LogP contribution < -0.4 is 16.0 Å². The van der Waals surface area contributed by atoms with E-state index < -0.39 is 0 Å². The second-order valence-corrected chi connectivity index (χ2v) is 7.60. The zero-order valence-corrected chi connectivity index (χ0v) is 17.3. The van der Waals surface area contributed by atoms with E-state index in [0.717, 1.165) is 33.6 Å². The van der Waals surface area contributed by atoms with Crippen molar-refractivity contribution in [3.63, 3.8) is 0 Å². The van der Waals surface area contributed by atoms with Crippen molar-refractivity contribution in [3.8, 4) is 5.75 Å². The van der Waals surface area contributed by atoms with E-state index in [2.05, 4.69) is 16.0 Å². The molecular formula is C25H23N3O3. The van der Waals surface area contributed by atoms with E-state index in [9.17, 15) is 14.7 Å². The molecule has 0 saturated heterocycles. The lowest BCUT2D eigenvalue weighted by molar-refractivity contribution is -0.114. The van der Waals surface area contributed by atoms with E-state index in [1.807, 2.05) is 61.5 Å². The van der Waals surface area contributed by atoms with Crippen molar-refractivity contribution in [2.75, 3.05) is 16.0 Å². The minimum absolute atomic E-state index is 0.108. The van der Waals surface area contributed by atoms with Crippen molar-refractivity contribution < 1.29 is 14.7 Å². The summed E-state index contributed by atoms with van der Waals surface area (Å²) >= 11 is 0. The molecule has 4 rings (SSSR count). The Morgan fingerprint density at radius 3 is 2.61 bits per heavy atom. The van der Waals surface area contributed by atoms with Crippen LogP contribution in [0.1, 0.15) is 29.2 Å². The minimum atomic E-state index is -0.177. The van der Waals surface area contributed by atoms with Gasteiger partial charge in [-0.15, -0.1) is 0 Å². The number of nitrogens with one attached hydrogen (secondary N) is 3. The largest absolute Gasteiger partial charge is 0.508 e. The number of anilines is 3. The lowest BCUT2D eigenvalue weighted by atomic mass is 9.99. The Labute approximate surface area is 180 Å². The van der Waals surface area contributed by atoms with Gasteiger partial charge in [-0.3, -0.25) is 9.59 Å². The highest BCUT2D eigenvalue weighted by Crippen LogP contribution is 2.33. The molecule has 3 aromatic rings. The van der Waals surface area contributed by atoms with Gasteiger partial charge in [0.25, 0.3) is 5.91 Å². The fraction of sp³-hybridized carbons (Fsp3) is 0.120. The quantitative estimate of drug-likeness (QED) is 0.458. The number of aryl methyl sites for hydroxylation is 1. The Morgan fingerprint density at radius 1 is 1.03 bits per heavy atom. The molecule has 6 nitrogen and oxygen atoms in total. The molecule has 0 spiro atoms. The third-order valence-electron chi connectivity index (χ3n) is 5.11. The predicted octanol–water partition coefficient (Wildman–Crippen LogP) is 4.65. The summed E-state index contributed by atoms with van der Waals surface area (Å²) in [5.74, 6) is -0.0875. The van der Waals surface area contributed by atoms with Crippen LogP contribution in [0.15, 0.2) is 66.9 Å². The van der Waals surface area contributed by atoms with Gasteiger partial charge in [0.2, 0.25) is 5.91 Å². The van der Waals surface area contributed by atoms with Crippen LogP contribution in [0.5, 0.6) is 5.75 Å². The Bertz CT molecular complexity index is 1210. The molecule has 0 aromatic heterocycles. The summed E-state index contributed by atoms with van der Waals surface area (Å²) in [6.07, 6.45) is 2.33. The summed E-state index contributed by atoms with van der Waals surface area (Å²) < 4.78 is 0. The average molecular weight is 413 g/mol. The monoisotopic (exact) mass is 413 g/mol. The molecule has 0 radical (unpaired) electrons. The molecule has 1 heterocycles. The van der Waals surface area contributed by atoms with E-state index in [4.69, 9.17) is 0 Å². The number of amides is 2. The maximum Gasteiger partial charge on any atom is 0.257 e. The summed E-state index contributed by atoms with van der Waals surface area (Å²) in [4.78, 5) is 23.8. The molecule has 3 aromatic carbocycles. The molecular weight excluding hydrogens is 390 g/mol. The molecule has 31 heavy (non-hydrogen) atoms. The van der Waals surface area contributed by atoms with Gasteiger partial charge in [0.15, 0.2) is 0 Å². The van der Waals surface area contributed by atoms with Gasteiger partial charge in [0, 0.05) is 41.8 Å². The van der Waals surface area contributed by atoms with E-state index in [0.29, 0.717) is 17.7 Å². The lowest BCUT2D eigenvalue weighted by Gasteiger charge is -2.08. The predicted molar refractivity (Wildman–Crippen MR) is 123 cm³/mol. The minimum Gasteiger partial charge on any atom is -0.508 e. The molecule has 6 heteroatoms. The number of rotatable bonds is 5. The molecule has 0 saturated carbocycles. The van der Waals surface area contributed by atoms with Crippen LogP contribution in [0.3, 0.4) is 0 Å². The van der Waals surface area contributed by atoms with E-state index >= 15 is 0 Å². The van der Waals surface area contributed by atoms with Crippen LogP contribution in [-0.4, -0.2) is 16.9 Å². The van der Waals surface area contributed by atoms with Gasteiger partial charge in [-0.05, 0) is 60.4 Å². The maximum atomic E-state index is 12.5. The lowest BCUT2D eigenvalue weighted by Crippen LogP contribution is -2.05. The number of hydrogen-bond acceptors (Lipinski definition) is 4. The van der Waals surface area contributed by atoms with Crippen LogP contribution in [0.2, 0.25) is 0 Å². The van der Waals surface area contributed by atoms with Crippen molar-refractivity contribution in [2.45, 2.75) is 20.3 Å². The van der Waals surface area contributed by atoms with Crippen LogP contribution in [-0.2, 0) is 16.0 Å². The van der Waals surface area contributed by atoms with E-state index in [1.54, 1.807) is 12.3 Å². The fourth-order valence-electron chi connectivity index (χ4n) is 3.54. The third kappa shape index (κ3) is 4.59. The molecule has 0 aliphatic carbocycles. The number of carbonyl (C=O) groups is 2. The van der Waals surface area contributed by atoms with Crippen molar-refractivity contribution in [1.82, 2.24) is 0 Å². The van der Waals surface area contributed by atoms with Crippen molar-refractivity contribution in [2.24, 2.45) is 0 Å². The number of phenolic OH excluding ortho intramolecular Hbond substituents is 1. The molecule has 0 bridgehead atoms. The first kappa shape index (κ1) is 20.2. The van der Waals surface area contributed by atoms with E-state index in [-0.39, 0.29) is 17.6 Å². The van der Waals surface area contributed by atoms with Gasteiger partial charge in [-0.2, -0.15) is 0 Å². The molecule has 0 atom stereocenters. The summed E-state index contributed by atoms with van der Waals surface area (Å²) in [6.45, 7) is 3.31. The summed E-state index contributed by atoms with van der Waals surface area (Å²) in [5, 5.41) is 18.7. The third-order valence-corrected chi connectivity index (χ3v) is 5.11. The molecule has 4 N–H and O–H groups in total. The fourth-order valence-corrected chi connectivity index (χ4v) is 3.54. The molecule has 0 unspecified atom stereocenters. The number of aromatic hydroxyl groups is 1. The number of carbonyl (C=O) groups excluding carboxylic acids is 2. The molecule has 0 fully saturated rings. The van der Waals surface area contributed by atoms with Gasteiger partial charge in [-0.1, -0.05) is 24.3 Å². The highest BCUT2D eigenvalue weighted by Gasteiger charge is 2.24. The Hall–Kier alpha value is -4.06. The Balaban J connectivity index is 1.57. The first-order valence-corrected chi connectivity index (χ1v) is 9.96. The van der Waals surface area contributed by atoms with Crippen LogP contribution in [0.4, 0.5) is 17.1 Å². The number of hydrogen-bond donors (Lipinski definition) is 4. The average Bonchev–Trinajstić information content (AvgIpc) is 3.03. The maximum absolute atomic E-state index is 12.5. The molecule has 2 amide bonds. The second-order valence-electron chi connectivity index (χ2n) is 7.60. The Morgan fingerprint density at radius 2 is 1.84 bits per heavy atom. The van der Waals surface area contributed by atoms with Gasteiger partial charge < -0.3 is 21.1 Å². The van der Waals surface area contributed by atoms with Crippen molar-refractivity contribution in [3.05, 3.63) is 89.1 Å². The first-order chi connectivity index (χ1) is 14.9. The molecule has 1 aliphatic rings. The van der Waals surface area contributed by atoms with Crippen LogP contribution >= 0.6 is 0 Å². The molecule has 156 valence electrons. The summed E-state index contributed by atoms with van der Waals surface area (Å²) in [6, 6.07) is 18.9. The van der Waals surface area contributed by atoms with Gasteiger partial charge in [-0.25, -0.2) is 0 Å². The van der Waals surface area contributed by atoms with Crippen LogP contribution in [0.25, 0.3) is 5.57 Å². The van der Waals surface area contributed by atoms with Crippen LogP contribution in [0, 0.1) is 6.92 Å². The summed E-state index contributed by atoms with van der Waals surface area (Å²) in [7, 11) is 0. The normalized spacial score (nSPS) is 13.6. The number of benzene rings is 3. The SMILES string of the molecule is CC(=O)Nc1cccc(Cc2ccc3c(c2)C(=CNc2ccc(C)c(O)c2)C(=O)N3)c1. The van der Waals surface area contributed by atoms with Crippen molar-refractivity contribution >= 4 is 34.4 Å². The highest BCUT2D eigenvalue weighted by molar-refractivity contribution is 6.31. The standard InChI is InChI=1S/C25H23N3O3/c1-15-6-8-19(13-24(15)30)26-14-22-21-12-18(7-9-23(21)28-25(22)31)10-17-4-3-5-20(11-17)27-16(2)29/h3-9,11-14,26,30H,10H2,1-2H3,(H,27,29)(H,28,31). The van der Waals surface area contributed by atoms with Gasteiger partial charge in [0.1, 0.15) is 5.75 Å². The first-order valence-electron chi connectivity index (χ1n) is 9.96. The molecule has 1 aliphatic heterocycles.